The molecule has 0 saturated heterocycles. The summed E-state index contributed by atoms with van der Waals surface area (Å²) in [6.07, 6.45) is 1.61. The first-order chi connectivity index (χ1) is 12.0. The lowest BCUT2D eigenvalue weighted by atomic mass is 10.1. The van der Waals surface area contributed by atoms with Crippen LogP contribution in [0.15, 0.2) is 53.5 Å². The van der Waals surface area contributed by atoms with E-state index in [2.05, 4.69) is 27.9 Å². The van der Waals surface area contributed by atoms with Gasteiger partial charge in [0.05, 0.1) is 18.0 Å². The van der Waals surface area contributed by atoms with Crippen LogP contribution in [0.1, 0.15) is 17.3 Å². The number of anilines is 1. The number of hydrogen-bond acceptors (Lipinski definition) is 3. The number of nitrogens with one attached hydrogen (secondary N) is 1. The number of rotatable bonds is 4. The number of hydrogen-bond donors (Lipinski definition) is 1. The minimum Gasteiger partial charge on any atom is -0.497 e. The van der Waals surface area contributed by atoms with Crippen molar-refractivity contribution in [2.24, 2.45) is 0 Å². The summed E-state index contributed by atoms with van der Waals surface area (Å²) in [4.78, 5) is 25.4. The number of aryl methyl sites for hydroxylation is 1. The van der Waals surface area contributed by atoms with Crippen LogP contribution in [0.4, 0.5) is 5.69 Å². The summed E-state index contributed by atoms with van der Waals surface area (Å²) in [5, 5.41) is 3.25. The molecule has 25 heavy (non-hydrogen) atoms. The van der Waals surface area contributed by atoms with E-state index in [0.29, 0.717) is 23.4 Å². The number of aromatic nitrogens is 1. The first-order valence-electron chi connectivity index (χ1n) is 7.81. The Morgan fingerprint density at radius 2 is 1.92 bits per heavy atom. The maximum atomic E-state index is 12.8. The third-order valence-electron chi connectivity index (χ3n) is 3.97. The van der Waals surface area contributed by atoms with E-state index in [9.17, 15) is 9.59 Å². The van der Waals surface area contributed by atoms with Crippen LogP contribution in [0.3, 0.4) is 0 Å². The van der Waals surface area contributed by atoms with Gasteiger partial charge in [-0.2, -0.15) is 0 Å². The summed E-state index contributed by atoms with van der Waals surface area (Å²) in [7, 11) is 1.55. The Kier molecular flexibility index (Phi) is 5.08. The number of carbonyl (C=O) groups is 1. The fourth-order valence-electron chi connectivity index (χ4n) is 2.66. The van der Waals surface area contributed by atoms with Crippen LogP contribution >= 0.6 is 22.6 Å². The lowest BCUT2D eigenvalue weighted by molar-refractivity contribution is 0.102. The zero-order valence-electron chi connectivity index (χ0n) is 13.9. The van der Waals surface area contributed by atoms with Gasteiger partial charge in [0.15, 0.2) is 0 Å². The first kappa shape index (κ1) is 17.5. The Morgan fingerprint density at radius 3 is 2.56 bits per heavy atom. The molecule has 0 bridgehead atoms. The maximum Gasteiger partial charge on any atom is 0.261 e. The number of benzene rings is 2. The molecule has 0 spiro atoms. The summed E-state index contributed by atoms with van der Waals surface area (Å²) in [5.41, 5.74) is 1.24. The van der Waals surface area contributed by atoms with Gasteiger partial charge in [0, 0.05) is 22.0 Å². The van der Waals surface area contributed by atoms with E-state index < -0.39 is 5.91 Å². The summed E-state index contributed by atoms with van der Waals surface area (Å²) < 4.78 is 8.17. The van der Waals surface area contributed by atoms with Crippen LogP contribution in [-0.2, 0) is 6.54 Å². The number of methoxy groups -OCH3 is 1. The molecule has 6 heteroatoms. The van der Waals surface area contributed by atoms with Crippen LogP contribution < -0.4 is 15.5 Å². The number of amides is 1. The van der Waals surface area contributed by atoms with E-state index in [1.165, 1.54) is 0 Å². The number of halogens is 1. The van der Waals surface area contributed by atoms with Gasteiger partial charge in [-0.25, -0.2) is 0 Å². The van der Waals surface area contributed by atoms with Gasteiger partial charge in [-0.05, 0) is 72.0 Å². The Balaban J connectivity index is 2.08. The van der Waals surface area contributed by atoms with Crippen molar-refractivity contribution in [3.05, 3.63) is 68.0 Å². The van der Waals surface area contributed by atoms with Crippen molar-refractivity contribution in [3.8, 4) is 5.75 Å². The van der Waals surface area contributed by atoms with Crippen LogP contribution in [0.5, 0.6) is 5.75 Å². The standard InChI is InChI=1S/C19H17IN2O3/c1-3-22-11-16(19(24)21-13-6-4-12(20)5-7-13)18(23)15-10-14(25-2)8-9-17(15)22/h4-11H,3H2,1-2H3,(H,21,24). The van der Waals surface area contributed by atoms with E-state index in [-0.39, 0.29) is 11.0 Å². The van der Waals surface area contributed by atoms with Gasteiger partial charge >= 0.3 is 0 Å². The molecule has 1 N–H and O–H groups in total. The highest BCUT2D eigenvalue weighted by Crippen LogP contribution is 2.20. The molecule has 3 rings (SSSR count). The van der Waals surface area contributed by atoms with Crippen LogP contribution in [0.25, 0.3) is 10.9 Å². The van der Waals surface area contributed by atoms with Gasteiger partial charge in [-0.3, -0.25) is 9.59 Å². The SMILES string of the molecule is CCn1cc(C(=O)Nc2ccc(I)cc2)c(=O)c2cc(OC)ccc21. The lowest BCUT2D eigenvalue weighted by Gasteiger charge is -2.12. The average Bonchev–Trinajstić information content (AvgIpc) is 2.63. The Morgan fingerprint density at radius 1 is 1.20 bits per heavy atom. The minimum atomic E-state index is -0.418. The predicted molar refractivity (Wildman–Crippen MR) is 108 cm³/mol. The van der Waals surface area contributed by atoms with Gasteiger partial charge in [0.1, 0.15) is 11.3 Å². The smallest absolute Gasteiger partial charge is 0.261 e. The molecule has 0 aliphatic heterocycles. The molecule has 1 heterocycles. The lowest BCUT2D eigenvalue weighted by Crippen LogP contribution is -2.23. The normalized spacial score (nSPS) is 10.7. The second-order valence-electron chi connectivity index (χ2n) is 5.50. The summed E-state index contributed by atoms with van der Waals surface area (Å²) in [6.45, 7) is 2.61. The van der Waals surface area contributed by atoms with Crippen molar-refractivity contribution in [1.82, 2.24) is 4.57 Å². The molecule has 1 aromatic heterocycles. The van der Waals surface area contributed by atoms with Crippen LogP contribution in [0.2, 0.25) is 0 Å². The van der Waals surface area contributed by atoms with Gasteiger partial charge in [-0.15, -0.1) is 0 Å². The Bertz CT molecular complexity index is 994. The molecule has 0 fully saturated rings. The summed E-state index contributed by atoms with van der Waals surface area (Å²) in [5.74, 6) is 0.167. The Hall–Kier alpha value is -2.35. The first-order valence-corrected chi connectivity index (χ1v) is 8.89. The van der Waals surface area contributed by atoms with E-state index in [0.717, 1.165) is 9.09 Å². The third kappa shape index (κ3) is 3.53. The quantitative estimate of drug-likeness (QED) is 0.617. The highest BCUT2D eigenvalue weighted by molar-refractivity contribution is 14.1. The minimum absolute atomic E-state index is 0.112. The largest absolute Gasteiger partial charge is 0.497 e. The molecule has 5 nitrogen and oxygen atoms in total. The number of pyridine rings is 1. The predicted octanol–water partition coefficient (Wildman–Crippen LogP) is 3.89. The molecule has 0 aliphatic carbocycles. The van der Waals surface area contributed by atoms with Crippen molar-refractivity contribution in [1.29, 1.82) is 0 Å². The summed E-state index contributed by atoms with van der Waals surface area (Å²) in [6, 6.07) is 12.7. The molecule has 3 aromatic rings. The second kappa shape index (κ2) is 7.26. The molecule has 2 aromatic carbocycles. The zero-order valence-corrected chi connectivity index (χ0v) is 16.0. The van der Waals surface area contributed by atoms with Crippen molar-refractivity contribution in [2.45, 2.75) is 13.5 Å². The molecule has 0 aliphatic rings. The van der Waals surface area contributed by atoms with Gasteiger partial charge in [0.25, 0.3) is 5.91 Å². The Labute approximate surface area is 158 Å². The van der Waals surface area contributed by atoms with Crippen molar-refractivity contribution in [2.75, 3.05) is 12.4 Å². The van der Waals surface area contributed by atoms with Crippen molar-refractivity contribution in [3.63, 3.8) is 0 Å². The van der Waals surface area contributed by atoms with Gasteiger partial charge < -0.3 is 14.6 Å². The molecule has 0 radical (unpaired) electrons. The number of ether oxygens (including phenoxy) is 1. The second-order valence-corrected chi connectivity index (χ2v) is 6.75. The molecule has 0 atom stereocenters. The number of fused-ring (bicyclic) bond motifs is 1. The van der Waals surface area contributed by atoms with E-state index >= 15 is 0 Å². The van der Waals surface area contributed by atoms with Crippen molar-refractivity contribution >= 4 is 45.1 Å². The number of nitrogens with zero attached hydrogens (tertiary/aromatic N) is 1. The fourth-order valence-corrected chi connectivity index (χ4v) is 3.02. The van der Waals surface area contributed by atoms with E-state index in [1.54, 1.807) is 25.4 Å². The monoisotopic (exact) mass is 448 g/mol. The average molecular weight is 448 g/mol. The van der Waals surface area contributed by atoms with Gasteiger partial charge in [-0.1, -0.05) is 0 Å². The van der Waals surface area contributed by atoms with Gasteiger partial charge in [0.2, 0.25) is 5.43 Å². The van der Waals surface area contributed by atoms with Crippen LogP contribution in [0, 0.1) is 3.57 Å². The molecule has 128 valence electrons. The molecule has 0 unspecified atom stereocenters. The third-order valence-corrected chi connectivity index (χ3v) is 4.69. The molecular formula is C19H17IN2O3. The molecular weight excluding hydrogens is 431 g/mol. The highest BCUT2D eigenvalue weighted by Gasteiger charge is 2.16. The topological polar surface area (TPSA) is 60.3 Å². The van der Waals surface area contributed by atoms with Crippen LogP contribution in [-0.4, -0.2) is 17.6 Å². The van der Waals surface area contributed by atoms with Crippen molar-refractivity contribution < 1.29 is 9.53 Å². The highest BCUT2D eigenvalue weighted by atomic mass is 127. The van der Waals surface area contributed by atoms with E-state index in [1.807, 2.05) is 41.8 Å². The molecule has 0 saturated carbocycles. The zero-order chi connectivity index (χ0) is 18.0. The molecule has 1 amide bonds. The number of carbonyl (C=O) groups excluding carboxylic acids is 1. The fraction of sp³-hybridized carbons (Fsp3) is 0.158. The maximum absolute atomic E-state index is 12.8. The van der Waals surface area contributed by atoms with E-state index in [4.69, 9.17) is 4.74 Å². The summed E-state index contributed by atoms with van der Waals surface area (Å²) >= 11 is 2.19.